The molecule has 1 N–H and O–H groups in total. The Morgan fingerprint density at radius 1 is 0.481 bits per heavy atom. The molecule has 27 heavy (non-hydrogen) atoms. The van der Waals surface area contributed by atoms with Crippen molar-refractivity contribution in [2.75, 3.05) is 0 Å². The van der Waals surface area contributed by atoms with Gasteiger partial charge in [-0.25, -0.2) is 0 Å². The van der Waals surface area contributed by atoms with Crippen LogP contribution in [0.3, 0.4) is 0 Å². The number of fused-ring (bicyclic) bond motifs is 2. The molecule has 1 nitrogen and oxygen atoms in total. The van der Waals surface area contributed by atoms with Crippen LogP contribution in [0.2, 0.25) is 0 Å². The SMILES string of the molecule is OC1c2ccccc2C(c2ccccc2)(c2ccccc2)c2ccccc21. The smallest absolute Gasteiger partial charge is 0.105 e. The van der Waals surface area contributed by atoms with Crippen LogP contribution in [0.1, 0.15) is 39.5 Å². The minimum absolute atomic E-state index is 0.449. The lowest BCUT2D eigenvalue weighted by molar-refractivity contribution is 0.212. The Balaban J connectivity index is 1.99. The van der Waals surface area contributed by atoms with Gasteiger partial charge in [-0.1, -0.05) is 109 Å². The lowest BCUT2D eigenvalue weighted by Crippen LogP contribution is -2.37. The second-order valence-electron chi connectivity index (χ2n) is 7.06. The van der Waals surface area contributed by atoms with Crippen molar-refractivity contribution in [3.8, 4) is 0 Å². The maximum Gasteiger partial charge on any atom is 0.105 e. The lowest BCUT2D eigenvalue weighted by atomic mass is 9.59. The van der Waals surface area contributed by atoms with Gasteiger partial charge in [-0.15, -0.1) is 0 Å². The lowest BCUT2D eigenvalue weighted by Gasteiger charge is -2.43. The fraction of sp³-hybridized carbons (Fsp3) is 0.0769. The molecule has 0 spiro atoms. The molecule has 0 unspecified atom stereocenters. The van der Waals surface area contributed by atoms with Gasteiger partial charge in [0.15, 0.2) is 0 Å². The number of hydrogen-bond acceptors (Lipinski definition) is 1. The molecule has 130 valence electrons. The van der Waals surface area contributed by atoms with Crippen LogP contribution in [0.4, 0.5) is 0 Å². The molecule has 0 radical (unpaired) electrons. The topological polar surface area (TPSA) is 20.2 Å². The molecule has 0 bridgehead atoms. The number of aliphatic hydroxyl groups is 1. The minimum atomic E-state index is -0.613. The minimum Gasteiger partial charge on any atom is -0.384 e. The Morgan fingerprint density at radius 3 is 1.30 bits per heavy atom. The second kappa shape index (κ2) is 6.22. The van der Waals surface area contributed by atoms with E-state index in [4.69, 9.17) is 0 Å². The van der Waals surface area contributed by atoms with Crippen LogP contribution < -0.4 is 0 Å². The molecule has 0 saturated carbocycles. The third kappa shape index (κ3) is 2.22. The molecule has 0 heterocycles. The summed E-state index contributed by atoms with van der Waals surface area (Å²) in [4.78, 5) is 0. The summed E-state index contributed by atoms with van der Waals surface area (Å²) in [5, 5.41) is 11.1. The highest BCUT2D eigenvalue weighted by Crippen LogP contribution is 2.53. The summed E-state index contributed by atoms with van der Waals surface area (Å²) in [6.45, 7) is 0. The first-order chi connectivity index (χ1) is 13.3. The van der Waals surface area contributed by atoms with Crippen LogP contribution in [0.15, 0.2) is 109 Å². The summed E-state index contributed by atoms with van der Waals surface area (Å²) >= 11 is 0. The van der Waals surface area contributed by atoms with Gasteiger partial charge in [0.1, 0.15) is 6.10 Å². The van der Waals surface area contributed by atoms with Crippen LogP contribution in [-0.2, 0) is 5.41 Å². The molecule has 1 heteroatoms. The predicted molar refractivity (Wildman–Crippen MR) is 109 cm³/mol. The van der Waals surface area contributed by atoms with E-state index >= 15 is 0 Å². The molecule has 4 aromatic rings. The van der Waals surface area contributed by atoms with Gasteiger partial charge in [-0.2, -0.15) is 0 Å². The molecule has 4 aromatic carbocycles. The molecule has 0 fully saturated rings. The normalized spacial score (nSPS) is 15.0. The van der Waals surface area contributed by atoms with E-state index in [0.717, 1.165) is 22.3 Å². The van der Waals surface area contributed by atoms with E-state index in [0.29, 0.717) is 0 Å². The van der Waals surface area contributed by atoms with Crippen LogP contribution in [0, 0.1) is 0 Å². The Hall–Kier alpha value is -3.16. The molecular formula is C26H20O. The Kier molecular flexibility index (Phi) is 3.70. The average Bonchev–Trinajstić information content (AvgIpc) is 2.76. The maximum atomic E-state index is 11.1. The van der Waals surface area contributed by atoms with Gasteiger partial charge in [0.05, 0.1) is 5.41 Å². The molecule has 1 aliphatic carbocycles. The van der Waals surface area contributed by atoms with Crippen LogP contribution in [0.25, 0.3) is 0 Å². The van der Waals surface area contributed by atoms with Crippen molar-refractivity contribution < 1.29 is 5.11 Å². The van der Waals surface area contributed by atoms with Crippen molar-refractivity contribution in [2.45, 2.75) is 11.5 Å². The molecule has 5 rings (SSSR count). The van der Waals surface area contributed by atoms with Gasteiger partial charge >= 0.3 is 0 Å². The summed E-state index contributed by atoms with van der Waals surface area (Å²) in [5.74, 6) is 0. The molecule has 0 aromatic heterocycles. The molecular weight excluding hydrogens is 328 g/mol. The van der Waals surface area contributed by atoms with Gasteiger partial charge < -0.3 is 5.11 Å². The van der Waals surface area contributed by atoms with Crippen molar-refractivity contribution >= 4 is 0 Å². The van der Waals surface area contributed by atoms with Gasteiger partial charge in [0.25, 0.3) is 0 Å². The Bertz CT molecular complexity index is 994. The first-order valence-corrected chi connectivity index (χ1v) is 9.31. The fourth-order valence-corrected chi connectivity index (χ4v) is 4.63. The van der Waals surface area contributed by atoms with Crippen LogP contribution in [-0.4, -0.2) is 5.11 Å². The van der Waals surface area contributed by atoms with E-state index < -0.39 is 11.5 Å². The highest BCUT2D eigenvalue weighted by Gasteiger charge is 2.45. The van der Waals surface area contributed by atoms with Crippen LogP contribution >= 0.6 is 0 Å². The van der Waals surface area contributed by atoms with Crippen molar-refractivity contribution in [1.29, 1.82) is 0 Å². The maximum absolute atomic E-state index is 11.1. The molecule has 1 aliphatic rings. The van der Waals surface area contributed by atoms with Crippen molar-refractivity contribution in [2.24, 2.45) is 0 Å². The highest BCUT2D eigenvalue weighted by atomic mass is 16.3. The average molecular weight is 348 g/mol. The zero-order valence-electron chi connectivity index (χ0n) is 14.9. The third-order valence-electron chi connectivity index (χ3n) is 5.73. The molecule has 0 atom stereocenters. The summed E-state index contributed by atoms with van der Waals surface area (Å²) in [6, 6.07) is 37.8. The predicted octanol–water partition coefficient (Wildman–Crippen LogP) is 5.46. The van der Waals surface area contributed by atoms with Crippen molar-refractivity contribution in [3.05, 3.63) is 143 Å². The summed E-state index contributed by atoms with van der Waals surface area (Å²) in [5.41, 5.74) is 6.22. The third-order valence-corrected chi connectivity index (χ3v) is 5.73. The van der Waals surface area contributed by atoms with Crippen LogP contribution in [0.5, 0.6) is 0 Å². The first-order valence-electron chi connectivity index (χ1n) is 9.31. The Labute approximate surface area is 159 Å². The number of aliphatic hydroxyl groups excluding tert-OH is 1. The largest absolute Gasteiger partial charge is 0.384 e. The van der Waals surface area contributed by atoms with Gasteiger partial charge in [-0.05, 0) is 33.4 Å². The zero-order chi connectivity index (χ0) is 18.3. The van der Waals surface area contributed by atoms with E-state index in [9.17, 15) is 5.11 Å². The molecule has 0 aliphatic heterocycles. The molecule has 0 amide bonds. The molecule has 0 saturated heterocycles. The summed E-state index contributed by atoms with van der Waals surface area (Å²) in [7, 11) is 0. The fourth-order valence-electron chi connectivity index (χ4n) is 4.63. The van der Waals surface area contributed by atoms with Gasteiger partial charge in [0, 0.05) is 0 Å². The number of benzene rings is 4. The monoisotopic (exact) mass is 348 g/mol. The van der Waals surface area contributed by atoms with Gasteiger partial charge in [0.2, 0.25) is 0 Å². The van der Waals surface area contributed by atoms with E-state index in [1.54, 1.807) is 0 Å². The second-order valence-corrected chi connectivity index (χ2v) is 7.06. The summed E-state index contributed by atoms with van der Waals surface area (Å²) < 4.78 is 0. The van der Waals surface area contributed by atoms with E-state index in [-0.39, 0.29) is 0 Å². The zero-order valence-corrected chi connectivity index (χ0v) is 14.9. The first kappa shape index (κ1) is 16.0. The highest BCUT2D eigenvalue weighted by molar-refractivity contribution is 5.67. The van der Waals surface area contributed by atoms with E-state index in [1.807, 2.05) is 12.1 Å². The van der Waals surface area contributed by atoms with Gasteiger partial charge in [-0.3, -0.25) is 0 Å². The van der Waals surface area contributed by atoms with E-state index in [2.05, 4.69) is 97.1 Å². The summed E-state index contributed by atoms with van der Waals surface area (Å²) in [6.07, 6.45) is -0.613. The number of rotatable bonds is 2. The standard InChI is InChI=1S/C26H20O/c27-25-21-15-7-9-17-23(21)26(19-11-3-1-4-12-19,20-13-5-2-6-14-20)24-18-10-8-16-22(24)25/h1-18,25,27H. The van der Waals surface area contributed by atoms with Crippen molar-refractivity contribution in [3.63, 3.8) is 0 Å². The van der Waals surface area contributed by atoms with Crippen molar-refractivity contribution in [1.82, 2.24) is 0 Å². The van der Waals surface area contributed by atoms with E-state index in [1.165, 1.54) is 11.1 Å². The number of hydrogen-bond donors (Lipinski definition) is 1. The quantitative estimate of drug-likeness (QED) is 0.510. The Morgan fingerprint density at radius 2 is 0.852 bits per heavy atom.